The van der Waals surface area contributed by atoms with E-state index in [-0.39, 0.29) is 17.9 Å². The summed E-state index contributed by atoms with van der Waals surface area (Å²) < 4.78 is 1.86. The van der Waals surface area contributed by atoms with Gasteiger partial charge in [-0.2, -0.15) is 5.10 Å². The molecular weight excluding hydrogens is 280 g/mol. The van der Waals surface area contributed by atoms with E-state index in [2.05, 4.69) is 5.10 Å². The van der Waals surface area contributed by atoms with E-state index in [9.17, 15) is 9.59 Å². The Morgan fingerprint density at radius 2 is 2.18 bits per heavy atom. The Balaban J connectivity index is 2.08. The van der Waals surface area contributed by atoms with Gasteiger partial charge in [-0.15, -0.1) is 0 Å². The summed E-state index contributed by atoms with van der Waals surface area (Å²) in [5, 5.41) is 4.25. The maximum Gasteiger partial charge on any atom is 0.245 e. The summed E-state index contributed by atoms with van der Waals surface area (Å²) in [5.41, 5.74) is 1.03. The molecule has 6 heteroatoms. The maximum absolute atomic E-state index is 12.8. The van der Waals surface area contributed by atoms with Gasteiger partial charge in [-0.05, 0) is 26.7 Å². The summed E-state index contributed by atoms with van der Waals surface area (Å²) in [6.45, 7) is 6.01. The fourth-order valence-corrected chi connectivity index (χ4v) is 2.88. The molecule has 2 amide bonds. The second-order valence-corrected chi connectivity index (χ2v) is 5.82. The average Bonchev–Trinajstić information content (AvgIpc) is 2.92. The summed E-state index contributed by atoms with van der Waals surface area (Å²) >= 11 is 0. The second-order valence-electron chi connectivity index (χ2n) is 5.82. The Morgan fingerprint density at radius 3 is 2.82 bits per heavy atom. The van der Waals surface area contributed by atoms with E-state index >= 15 is 0 Å². The van der Waals surface area contributed by atoms with Crippen LogP contribution in [-0.4, -0.2) is 51.0 Å². The number of carbonyl (C=O) groups excluding carboxylic acids is 2. The first-order valence-corrected chi connectivity index (χ1v) is 8.12. The minimum atomic E-state index is -0.323. The summed E-state index contributed by atoms with van der Waals surface area (Å²) in [6, 6.07) is -0.323. The van der Waals surface area contributed by atoms with Gasteiger partial charge in [0, 0.05) is 44.9 Å². The highest BCUT2D eigenvalue weighted by atomic mass is 16.2. The van der Waals surface area contributed by atoms with E-state index in [1.54, 1.807) is 18.1 Å². The molecule has 1 aromatic heterocycles. The molecule has 0 saturated carbocycles. The van der Waals surface area contributed by atoms with Crippen LogP contribution in [0.2, 0.25) is 0 Å². The number of rotatable bonds is 5. The number of aryl methyl sites for hydroxylation is 1. The second kappa shape index (κ2) is 7.42. The lowest BCUT2D eigenvalue weighted by molar-refractivity contribution is -0.144. The van der Waals surface area contributed by atoms with Crippen LogP contribution in [0.5, 0.6) is 0 Å². The molecule has 0 spiro atoms. The zero-order chi connectivity index (χ0) is 16.1. The van der Waals surface area contributed by atoms with E-state index in [4.69, 9.17) is 0 Å². The lowest BCUT2D eigenvalue weighted by Gasteiger charge is -2.30. The van der Waals surface area contributed by atoms with Crippen LogP contribution in [0.3, 0.4) is 0 Å². The van der Waals surface area contributed by atoms with Crippen molar-refractivity contribution in [3.8, 4) is 0 Å². The lowest BCUT2D eigenvalue weighted by atomic mass is 10.1. The molecule has 1 atom stereocenters. The van der Waals surface area contributed by atoms with Crippen LogP contribution in [0.15, 0.2) is 12.4 Å². The first kappa shape index (κ1) is 16.5. The first-order valence-electron chi connectivity index (χ1n) is 8.12. The van der Waals surface area contributed by atoms with Crippen LogP contribution >= 0.6 is 0 Å². The van der Waals surface area contributed by atoms with Crippen molar-refractivity contribution in [2.45, 2.75) is 58.7 Å². The highest BCUT2D eigenvalue weighted by molar-refractivity contribution is 5.87. The molecule has 1 fully saturated rings. The van der Waals surface area contributed by atoms with Gasteiger partial charge in [-0.3, -0.25) is 14.3 Å². The van der Waals surface area contributed by atoms with Crippen LogP contribution in [-0.2, 0) is 22.7 Å². The van der Waals surface area contributed by atoms with Crippen LogP contribution in [0.25, 0.3) is 0 Å². The topological polar surface area (TPSA) is 58.4 Å². The zero-order valence-corrected chi connectivity index (χ0v) is 13.8. The molecule has 122 valence electrons. The smallest absolute Gasteiger partial charge is 0.245 e. The normalized spacial score (nSPS) is 19.1. The minimum Gasteiger partial charge on any atom is -0.337 e. The molecule has 2 heterocycles. The molecular formula is C16H26N4O2. The Bertz CT molecular complexity index is 526. The van der Waals surface area contributed by atoms with E-state index in [1.165, 1.54) is 0 Å². The lowest BCUT2D eigenvalue weighted by Crippen LogP contribution is -2.48. The van der Waals surface area contributed by atoms with Crippen LogP contribution in [0, 0.1) is 0 Å². The summed E-state index contributed by atoms with van der Waals surface area (Å²) in [7, 11) is 1.75. The molecule has 0 aromatic carbocycles. The Morgan fingerprint density at radius 1 is 1.41 bits per heavy atom. The fourth-order valence-electron chi connectivity index (χ4n) is 2.88. The van der Waals surface area contributed by atoms with Crippen molar-refractivity contribution in [2.75, 3.05) is 13.6 Å². The molecule has 0 N–H and O–H groups in total. The van der Waals surface area contributed by atoms with Gasteiger partial charge >= 0.3 is 0 Å². The van der Waals surface area contributed by atoms with Crippen molar-refractivity contribution in [3.05, 3.63) is 18.0 Å². The van der Waals surface area contributed by atoms with Gasteiger partial charge in [0.25, 0.3) is 0 Å². The number of likely N-dealkylation sites (tertiary alicyclic amines) is 1. The number of hydrogen-bond donors (Lipinski definition) is 0. The fraction of sp³-hybridized carbons (Fsp3) is 0.688. The molecule has 6 nitrogen and oxygen atoms in total. The largest absolute Gasteiger partial charge is 0.337 e. The minimum absolute atomic E-state index is 0.0458. The Labute approximate surface area is 132 Å². The van der Waals surface area contributed by atoms with Crippen molar-refractivity contribution in [2.24, 2.45) is 0 Å². The van der Waals surface area contributed by atoms with Gasteiger partial charge < -0.3 is 9.80 Å². The predicted octanol–water partition coefficient (Wildman–Crippen LogP) is 1.65. The number of aromatic nitrogens is 2. The quantitative estimate of drug-likeness (QED) is 0.831. The molecule has 2 rings (SSSR count). The summed E-state index contributed by atoms with van der Waals surface area (Å²) in [4.78, 5) is 28.3. The van der Waals surface area contributed by atoms with Gasteiger partial charge in [-0.25, -0.2) is 0 Å². The molecule has 0 aliphatic carbocycles. The third kappa shape index (κ3) is 3.67. The van der Waals surface area contributed by atoms with E-state index in [1.807, 2.05) is 29.6 Å². The van der Waals surface area contributed by atoms with Crippen LogP contribution in [0.1, 0.15) is 45.1 Å². The molecule has 1 aliphatic heterocycles. The predicted molar refractivity (Wildman–Crippen MR) is 84.0 cm³/mol. The molecule has 1 aromatic rings. The van der Waals surface area contributed by atoms with E-state index < -0.39 is 0 Å². The highest BCUT2D eigenvalue weighted by Gasteiger charge is 2.31. The van der Waals surface area contributed by atoms with Gasteiger partial charge in [-0.1, -0.05) is 6.42 Å². The van der Waals surface area contributed by atoms with Crippen molar-refractivity contribution >= 4 is 11.8 Å². The molecule has 1 saturated heterocycles. The van der Waals surface area contributed by atoms with Gasteiger partial charge in [0.05, 0.1) is 6.20 Å². The molecule has 0 radical (unpaired) electrons. The third-order valence-corrected chi connectivity index (χ3v) is 4.34. The van der Waals surface area contributed by atoms with Crippen molar-refractivity contribution in [3.63, 3.8) is 0 Å². The van der Waals surface area contributed by atoms with Crippen molar-refractivity contribution < 1.29 is 9.59 Å². The van der Waals surface area contributed by atoms with Crippen molar-refractivity contribution in [1.29, 1.82) is 0 Å². The maximum atomic E-state index is 12.8. The highest BCUT2D eigenvalue weighted by Crippen LogP contribution is 2.19. The summed E-state index contributed by atoms with van der Waals surface area (Å²) in [6.07, 6.45) is 6.89. The number of hydrogen-bond acceptors (Lipinski definition) is 3. The number of nitrogens with zero attached hydrogens (tertiary/aromatic N) is 4. The summed E-state index contributed by atoms with van der Waals surface area (Å²) in [5.74, 6) is 0.121. The third-order valence-electron chi connectivity index (χ3n) is 4.34. The molecule has 22 heavy (non-hydrogen) atoms. The van der Waals surface area contributed by atoms with Gasteiger partial charge in [0.2, 0.25) is 11.8 Å². The van der Waals surface area contributed by atoms with Crippen LogP contribution in [0.4, 0.5) is 0 Å². The monoisotopic (exact) mass is 306 g/mol. The number of carbonyl (C=O) groups is 2. The SMILES string of the molecule is CCN(Cc1cnn(CC)c1)C(=O)C1CCCCC(=O)N1C. The Hall–Kier alpha value is -1.85. The van der Waals surface area contributed by atoms with Gasteiger partial charge in [0.1, 0.15) is 6.04 Å². The number of likely N-dealkylation sites (N-methyl/N-ethyl adjacent to an activating group) is 2. The number of amides is 2. The van der Waals surface area contributed by atoms with E-state index in [0.717, 1.165) is 31.4 Å². The first-order chi connectivity index (χ1) is 10.6. The Kier molecular flexibility index (Phi) is 5.57. The average molecular weight is 306 g/mol. The standard InChI is InChI=1S/C16H26N4O2/c1-4-19(11-13-10-17-20(5-2)12-13)16(22)14-8-6-7-9-15(21)18(14)3/h10,12,14H,4-9,11H2,1-3H3. The van der Waals surface area contributed by atoms with E-state index in [0.29, 0.717) is 19.5 Å². The molecule has 1 aliphatic rings. The zero-order valence-electron chi connectivity index (χ0n) is 13.8. The van der Waals surface area contributed by atoms with Crippen LogP contribution < -0.4 is 0 Å². The molecule has 1 unspecified atom stereocenters. The van der Waals surface area contributed by atoms with Gasteiger partial charge in [0.15, 0.2) is 0 Å². The molecule has 0 bridgehead atoms. The van der Waals surface area contributed by atoms with Crippen molar-refractivity contribution in [1.82, 2.24) is 19.6 Å².